The van der Waals surface area contributed by atoms with Crippen LogP contribution in [-0.4, -0.2) is 68.2 Å². The summed E-state index contributed by atoms with van der Waals surface area (Å²) in [5.41, 5.74) is 2.46. The molecule has 0 amide bonds. The predicted octanol–water partition coefficient (Wildman–Crippen LogP) is 5.38. The molecule has 0 spiro atoms. The fourth-order valence-corrected chi connectivity index (χ4v) is 5.26. The Morgan fingerprint density at radius 3 is 2.42 bits per heavy atom. The Morgan fingerprint density at radius 2 is 1.71 bits per heavy atom. The highest BCUT2D eigenvalue weighted by Gasteiger charge is 2.27. The van der Waals surface area contributed by atoms with Gasteiger partial charge in [0.25, 0.3) is 0 Å². The van der Waals surface area contributed by atoms with Crippen molar-refractivity contribution >= 4 is 39.1 Å². The van der Waals surface area contributed by atoms with Crippen molar-refractivity contribution in [2.45, 2.75) is 53.1 Å². The van der Waals surface area contributed by atoms with Crippen LogP contribution in [0.3, 0.4) is 0 Å². The van der Waals surface area contributed by atoms with Gasteiger partial charge in [-0.3, -0.25) is 4.98 Å². The van der Waals surface area contributed by atoms with Crippen LogP contribution in [0.2, 0.25) is 0 Å². The average Bonchev–Trinajstić information content (AvgIpc) is 3.37. The van der Waals surface area contributed by atoms with E-state index in [-0.39, 0.29) is 0 Å². The van der Waals surface area contributed by atoms with Crippen LogP contribution in [0.25, 0.3) is 20.8 Å². The van der Waals surface area contributed by atoms with E-state index in [4.69, 9.17) is 9.97 Å². The van der Waals surface area contributed by atoms with E-state index in [2.05, 4.69) is 37.1 Å². The number of likely N-dealkylation sites (N-methyl/N-ethyl adjacent to an activating group) is 1. The molecule has 1 saturated heterocycles. The van der Waals surface area contributed by atoms with Crippen molar-refractivity contribution in [2.24, 2.45) is 0 Å². The molecule has 0 saturated carbocycles. The summed E-state index contributed by atoms with van der Waals surface area (Å²) in [6.45, 7) is 13.8. The molecule has 10 heteroatoms. The van der Waals surface area contributed by atoms with Crippen molar-refractivity contribution in [3.8, 4) is 10.6 Å². The normalized spacial score (nSPS) is 14.3. The lowest BCUT2D eigenvalue weighted by molar-refractivity contribution is 0.0240. The molecule has 0 atom stereocenters. The Bertz CT molecular complexity index is 1360. The van der Waals surface area contributed by atoms with Crippen molar-refractivity contribution in [3.63, 3.8) is 0 Å². The third-order valence-electron chi connectivity index (χ3n) is 6.81. The molecule has 38 heavy (non-hydrogen) atoms. The zero-order valence-corrected chi connectivity index (χ0v) is 24.0. The van der Waals surface area contributed by atoms with E-state index in [1.54, 1.807) is 17.5 Å². The van der Waals surface area contributed by atoms with Crippen LogP contribution in [-0.2, 0) is 5.60 Å². The van der Waals surface area contributed by atoms with Crippen LogP contribution >= 0.6 is 11.3 Å². The summed E-state index contributed by atoms with van der Waals surface area (Å²) < 4.78 is 0.993. The van der Waals surface area contributed by atoms with E-state index in [0.717, 1.165) is 64.4 Å². The molecule has 5 rings (SSSR count). The quantitative estimate of drug-likeness (QED) is 0.323. The zero-order valence-electron chi connectivity index (χ0n) is 23.2. The topological polar surface area (TPSA) is 103 Å². The van der Waals surface area contributed by atoms with E-state index in [1.807, 2.05) is 65.1 Å². The molecule has 202 valence electrons. The SMILES string of the molecule is CC.CCC(O)(CC)c1cc(-c2nc3cc(Nc4cc(C)nc(N5CCN(C)CC5)n4)ncc3s2)ccn1. The van der Waals surface area contributed by atoms with Crippen LogP contribution in [0.4, 0.5) is 17.6 Å². The third-order valence-corrected chi connectivity index (χ3v) is 7.87. The number of nitrogens with zero attached hydrogens (tertiary/aromatic N) is 7. The maximum atomic E-state index is 10.9. The van der Waals surface area contributed by atoms with Gasteiger partial charge in [0.05, 0.1) is 15.9 Å². The van der Waals surface area contributed by atoms with Gasteiger partial charge < -0.3 is 20.2 Å². The third kappa shape index (κ3) is 6.09. The number of aliphatic hydroxyl groups is 1. The molecular weight excluding hydrogens is 496 g/mol. The number of anilines is 3. The molecule has 9 nitrogen and oxygen atoms in total. The zero-order chi connectivity index (χ0) is 27.3. The van der Waals surface area contributed by atoms with E-state index < -0.39 is 5.60 Å². The minimum Gasteiger partial charge on any atom is -0.384 e. The van der Waals surface area contributed by atoms with E-state index in [1.165, 1.54) is 0 Å². The number of piperazine rings is 1. The minimum absolute atomic E-state index is 0.609. The molecule has 4 aromatic heterocycles. The molecular formula is C28H38N8OS. The van der Waals surface area contributed by atoms with E-state index in [0.29, 0.717) is 24.4 Å². The summed E-state index contributed by atoms with van der Waals surface area (Å²) >= 11 is 1.58. The number of fused-ring (bicyclic) bond motifs is 1. The molecule has 0 aliphatic carbocycles. The lowest BCUT2D eigenvalue weighted by Gasteiger charge is -2.32. The number of aromatic nitrogens is 5. The molecule has 0 unspecified atom stereocenters. The van der Waals surface area contributed by atoms with Crippen LogP contribution in [0.5, 0.6) is 0 Å². The Hall–Kier alpha value is -3.21. The predicted molar refractivity (Wildman–Crippen MR) is 156 cm³/mol. The Kier molecular flexibility index (Phi) is 8.86. The smallest absolute Gasteiger partial charge is 0.227 e. The molecule has 5 heterocycles. The van der Waals surface area contributed by atoms with E-state index in [9.17, 15) is 5.11 Å². The average molecular weight is 535 g/mol. The van der Waals surface area contributed by atoms with Gasteiger partial charge in [-0.2, -0.15) is 4.98 Å². The second-order valence-corrected chi connectivity index (χ2v) is 10.4. The van der Waals surface area contributed by atoms with Gasteiger partial charge in [0.1, 0.15) is 22.2 Å². The lowest BCUT2D eigenvalue weighted by Crippen LogP contribution is -2.45. The Labute approximate surface area is 229 Å². The maximum Gasteiger partial charge on any atom is 0.227 e. The molecule has 0 bridgehead atoms. The Morgan fingerprint density at radius 1 is 0.974 bits per heavy atom. The van der Waals surface area contributed by atoms with Gasteiger partial charge in [-0.15, -0.1) is 11.3 Å². The lowest BCUT2D eigenvalue weighted by atomic mass is 9.92. The van der Waals surface area contributed by atoms with Gasteiger partial charge in [-0.25, -0.2) is 15.0 Å². The van der Waals surface area contributed by atoms with Gasteiger partial charge >= 0.3 is 0 Å². The largest absolute Gasteiger partial charge is 0.384 e. The number of hydrogen-bond acceptors (Lipinski definition) is 10. The first kappa shape index (κ1) is 27.8. The van der Waals surface area contributed by atoms with Crippen molar-refractivity contribution in [3.05, 3.63) is 48.0 Å². The summed E-state index contributed by atoms with van der Waals surface area (Å²) in [7, 11) is 2.14. The number of aryl methyl sites for hydroxylation is 1. The summed E-state index contributed by atoms with van der Waals surface area (Å²) in [6.07, 6.45) is 4.80. The van der Waals surface area contributed by atoms with Gasteiger partial charge in [-0.05, 0) is 38.9 Å². The first-order valence-electron chi connectivity index (χ1n) is 13.4. The van der Waals surface area contributed by atoms with Gasteiger partial charge in [0.2, 0.25) is 5.95 Å². The van der Waals surface area contributed by atoms with E-state index >= 15 is 0 Å². The van der Waals surface area contributed by atoms with Crippen LogP contribution < -0.4 is 10.2 Å². The Balaban J connectivity index is 0.00000164. The molecule has 4 aromatic rings. The minimum atomic E-state index is -0.927. The molecule has 2 N–H and O–H groups in total. The summed E-state index contributed by atoms with van der Waals surface area (Å²) in [6, 6.07) is 7.75. The fraction of sp³-hybridized carbons (Fsp3) is 0.464. The second kappa shape index (κ2) is 12.1. The number of hydrogen-bond donors (Lipinski definition) is 2. The first-order chi connectivity index (χ1) is 18.4. The summed E-state index contributed by atoms with van der Waals surface area (Å²) in [5.74, 6) is 2.15. The van der Waals surface area contributed by atoms with Crippen LogP contribution in [0.1, 0.15) is 51.9 Å². The number of nitrogens with one attached hydrogen (secondary N) is 1. The molecule has 1 fully saturated rings. The highest BCUT2D eigenvalue weighted by molar-refractivity contribution is 7.21. The fourth-order valence-electron chi connectivity index (χ4n) is 4.35. The van der Waals surface area contributed by atoms with Gasteiger partial charge in [0, 0.05) is 62.0 Å². The summed E-state index contributed by atoms with van der Waals surface area (Å²) in [5, 5.41) is 15.1. The van der Waals surface area contributed by atoms with Crippen molar-refractivity contribution < 1.29 is 5.11 Å². The molecule has 1 aliphatic rings. The molecule has 0 radical (unpaired) electrons. The van der Waals surface area contributed by atoms with Crippen molar-refractivity contribution in [2.75, 3.05) is 43.4 Å². The van der Waals surface area contributed by atoms with Crippen LogP contribution in [0, 0.1) is 6.92 Å². The second-order valence-electron chi connectivity index (χ2n) is 9.33. The highest BCUT2D eigenvalue weighted by Crippen LogP contribution is 2.34. The number of thiazole rings is 1. The first-order valence-corrected chi connectivity index (χ1v) is 14.2. The summed E-state index contributed by atoms with van der Waals surface area (Å²) in [4.78, 5) is 27.8. The number of rotatable bonds is 7. The van der Waals surface area contributed by atoms with Crippen molar-refractivity contribution in [1.82, 2.24) is 29.8 Å². The number of pyridine rings is 2. The maximum absolute atomic E-state index is 10.9. The molecule has 0 aromatic carbocycles. The monoisotopic (exact) mass is 534 g/mol. The van der Waals surface area contributed by atoms with Crippen molar-refractivity contribution in [1.29, 1.82) is 0 Å². The van der Waals surface area contributed by atoms with Gasteiger partial charge in [0.15, 0.2) is 0 Å². The molecule has 1 aliphatic heterocycles. The highest BCUT2D eigenvalue weighted by atomic mass is 32.1. The standard InChI is InChI=1S/C26H32N8OS.C2H6/c1-5-26(35,6-2)21-14-18(7-8-27-21)24-30-19-15-22(28-16-20(19)36-24)31-23-13-17(3)29-25(32-23)34-11-9-33(4)10-12-34;1-2/h7-8,13-16,35H,5-6,9-12H2,1-4H3,(H,28,29,31,32);1-2H3. The van der Waals surface area contributed by atoms with Gasteiger partial charge in [-0.1, -0.05) is 27.7 Å². The van der Waals surface area contributed by atoms with Crippen LogP contribution in [0.15, 0.2) is 36.7 Å².